The zero-order valence-corrected chi connectivity index (χ0v) is 17.3. The molecule has 2 aromatic carbocycles. The van der Waals surface area contributed by atoms with E-state index in [9.17, 15) is 9.59 Å². The lowest BCUT2D eigenvalue weighted by atomic mass is 10.1. The van der Waals surface area contributed by atoms with Crippen LogP contribution in [0.3, 0.4) is 0 Å². The summed E-state index contributed by atoms with van der Waals surface area (Å²) in [6.07, 6.45) is 1.79. The molecule has 1 aliphatic heterocycles. The Labute approximate surface area is 182 Å². The Morgan fingerprint density at radius 3 is 2.55 bits per heavy atom. The lowest BCUT2D eigenvalue weighted by Crippen LogP contribution is -2.49. The Morgan fingerprint density at radius 1 is 1.00 bits per heavy atom. The van der Waals surface area contributed by atoms with Crippen LogP contribution in [0.15, 0.2) is 65.6 Å². The van der Waals surface area contributed by atoms with Gasteiger partial charge in [0.1, 0.15) is 5.82 Å². The van der Waals surface area contributed by atoms with Crippen LogP contribution >= 0.6 is 11.6 Å². The highest BCUT2D eigenvalue weighted by Gasteiger charge is 2.23. The summed E-state index contributed by atoms with van der Waals surface area (Å²) in [4.78, 5) is 28.0. The van der Waals surface area contributed by atoms with E-state index in [1.165, 1.54) is 6.07 Å². The van der Waals surface area contributed by atoms with Crippen molar-refractivity contribution in [3.05, 3.63) is 81.7 Å². The van der Waals surface area contributed by atoms with E-state index in [1.54, 1.807) is 34.0 Å². The molecule has 0 spiro atoms. The van der Waals surface area contributed by atoms with Crippen LogP contribution in [-0.4, -0.2) is 57.0 Å². The van der Waals surface area contributed by atoms with E-state index < -0.39 is 0 Å². The van der Waals surface area contributed by atoms with Gasteiger partial charge in [0.05, 0.1) is 22.4 Å². The third kappa shape index (κ3) is 3.66. The topological polar surface area (TPSA) is 87.1 Å². The first-order chi connectivity index (χ1) is 15.1. The molecule has 1 amide bonds. The maximum atomic E-state index is 13.0. The van der Waals surface area contributed by atoms with Gasteiger partial charge in [0.15, 0.2) is 0 Å². The third-order valence-corrected chi connectivity index (χ3v) is 5.76. The molecule has 0 saturated carbocycles. The van der Waals surface area contributed by atoms with E-state index in [1.807, 2.05) is 35.2 Å². The molecule has 1 saturated heterocycles. The summed E-state index contributed by atoms with van der Waals surface area (Å²) in [5.41, 5.74) is 1.99. The second-order valence-electron chi connectivity index (χ2n) is 7.34. The molecule has 3 heterocycles. The van der Waals surface area contributed by atoms with Crippen LogP contribution in [0.1, 0.15) is 10.4 Å². The van der Waals surface area contributed by atoms with Crippen LogP contribution in [0.4, 0.5) is 5.82 Å². The predicted octanol–water partition coefficient (Wildman–Crippen LogP) is 2.72. The molecule has 0 bridgehead atoms. The molecule has 8 nitrogen and oxygen atoms in total. The number of nitrogens with zero attached hydrogens (tertiary/aromatic N) is 5. The maximum absolute atomic E-state index is 13.0. The van der Waals surface area contributed by atoms with Gasteiger partial charge in [-0.1, -0.05) is 29.8 Å². The molecule has 0 aliphatic carbocycles. The summed E-state index contributed by atoms with van der Waals surface area (Å²) in [6.45, 7) is 2.39. The van der Waals surface area contributed by atoms with Gasteiger partial charge in [0.2, 0.25) is 0 Å². The first-order valence-corrected chi connectivity index (χ1v) is 10.3. The van der Waals surface area contributed by atoms with Crippen LogP contribution in [0.5, 0.6) is 0 Å². The van der Waals surface area contributed by atoms with Crippen molar-refractivity contribution in [2.45, 2.75) is 0 Å². The lowest BCUT2D eigenvalue weighted by Gasteiger charge is -2.35. The molecule has 1 aliphatic rings. The van der Waals surface area contributed by atoms with E-state index in [0.29, 0.717) is 42.6 Å². The maximum Gasteiger partial charge on any atom is 0.264 e. The number of carbonyl (C=O) groups is 1. The lowest BCUT2D eigenvalue weighted by molar-refractivity contribution is 0.0746. The van der Waals surface area contributed by atoms with Crippen LogP contribution in [0.25, 0.3) is 16.6 Å². The number of fused-ring (bicyclic) bond motifs is 1. The number of nitrogens with one attached hydrogen (secondary N) is 1. The van der Waals surface area contributed by atoms with Crippen molar-refractivity contribution in [3.63, 3.8) is 0 Å². The largest absolute Gasteiger partial charge is 0.352 e. The second kappa shape index (κ2) is 7.88. The number of aromatic amines is 1. The molecular formula is C22H19ClN6O2. The smallest absolute Gasteiger partial charge is 0.264 e. The summed E-state index contributed by atoms with van der Waals surface area (Å²) in [5, 5.41) is 12.4. The van der Waals surface area contributed by atoms with E-state index in [-0.39, 0.29) is 11.5 Å². The molecule has 0 atom stereocenters. The molecule has 31 heavy (non-hydrogen) atoms. The fourth-order valence-electron chi connectivity index (χ4n) is 3.81. The molecule has 1 N–H and O–H groups in total. The van der Waals surface area contributed by atoms with Gasteiger partial charge in [-0.3, -0.25) is 9.59 Å². The number of amides is 1. The Balaban J connectivity index is 1.32. The van der Waals surface area contributed by atoms with Gasteiger partial charge in [-0.05, 0) is 30.3 Å². The first-order valence-electron chi connectivity index (χ1n) is 9.93. The SMILES string of the molecule is O=C(c1ccc(-n2ncc3ccccc32)c(Cl)c1)N1CCN(c2ccc(=O)[nH]n2)CC1. The van der Waals surface area contributed by atoms with Gasteiger partial charge in [0, 0.05) is 43.2 Å². The third-order valence-electron chi connectivity index (χ3n) is 5.46. The van der Waals surface area contributed by atoms with Crippen LogP contribution < -0.4 is 10.5 Å². The predicted molar refractivity (Wildman–Crippen MR) is 119 cm³/mol. The first kappa shape index (κ1) is 19.3. The normalized spacial score (nSPS) is 14.2. The average molecular weight is 435 g/mol. The quantitative estimate of drug-likeness (QED) is 0.535. The van der Waals surface area contributed by atoms with E-state index in [4.69, 9.17) is 11.6 Å². The number of anilines is 1. The number of piperazine rings is 1. The molecule has 9 heteroatoms. The number of para-hydroxylation sites is 1. The van der Waals surface area contributed by atoms with Crippen LogP contribution in [0.2, 0.25) is 5.02 Å². The van der Waals surface area contributed by atoms with Crippen molar-refractivity contribution < 1.29 is 4.79 Å². The highest BCUT2D eigenvalue weighted by atomic mass is 35.5. The summed E-state index contributed by atoms with van der Waals surface area (Å²) < 4.78 is 1.78. The molecule has 156 valence electrons. The van der Waals surface area contributed by atoms with Gasteiger partial charge in [0.25, 0.3) is 11.5 Å². The Kier molecular flexibility index (Phi) is 4.91. The minimum absolute atomic E-state index is 0.0622. The van der Waals surface area contributed by atoms with Gasteiger partial charge in [-0.25, -0.2) is 9.78 Å². The molecule has 0 radical (unpaired) electrons. The van der Waals surface area contributed by atoms with Crippen molar-refractivity contribution in [1.29, 1.82) is 0 Å². The highest BCUT2D eigenvalue weighted by molar-refractivity contribution is 6.32. The zero-order chi connectivity index (χ0) is 21.4. The van der Waals surface area contributed by atoms with Gasteiger partial charge >= 0.3 is 0 Å². The Hall–Kier alpha value is -3.65. The summed E-state index contributed by atoms with van der Waals surface area (Å²) in [5.74, 6) is 0.637. The molecule has 0 unspecified atom stereocenters. The van der Waals surface area contributed by atoms with Crippen molar-refractivity contribution in [3.8, 4) is 5.69 Å². The van der Waals surface area contributed by atoms with Crippen molar-refractivity contribution in [1.82, 2.24) is 24.9 Å². The number of hydrogen-bond donors (Lipinski definition) is 1. The minimum atomic E-state index is -0.235. The fraction of sp³-hybridized carbons (Fsp3) is 0.182. The summed E-state index contributed by atoms with van der Waals surface area (Å²) in [6, 6.07) is 16.3. The molecule has 4 aromatic rings. The van der Waals surface area contributed by atoms with E-state index in [2.05, 4.69) is 15.3 Å². The monoisotopic (exact) mass is 434 g/mol. The van der Waals surface area contributed by atoms with Crippen molar-refractivity contribution >= 4 is 34.2 Å². The van der Waals surface area contributed by atoms with Crippen LogP contribution in [-0.2, 0) is 0 Å². The van der Waals surface area contributed by atoms with Gasteiger partial charge in [-0.2, -0.15) is 10.2 Å². The van der Waals surface area contributed by atoms with Gasteiger partial charge < -0.3 is 9.80 Å². The number of carbonyl (C=O) groups excluding carboxylic acids is 1. The zero-order valence-electron chi connectivity index (χ0n) is 16.5. The van der Waals surface area contributed by atoms with Gasteiger partial charge in [-0.15, -0.1) is 0 Å². The molecular weight excluding hydrogens is 416 g/mol. The number of rotatable bonds is 3. The molecule has 5 rings (SSSR count). The number of H-pyrrole nitrogens is 1. The molecule has 1 fully saturated rings. The van der Waals surface area contributed by atoms with E-state index in [0.717, 1.165) is 16.6 Å². The summed E-state index contributed by atoms with van der Waals surface area (Å²) in [7, 11) is 0. The fourth-order valence-corrected chi connectivity index (χ4v) is 4.07. The number of benzene rings is 2. The van der Waals surface area contributed by atoms with Crippen molar-refractivity contribution in [2.24, 2.45) is 0 Å². The average Bonchev–Trinajstić information content (AvgIpc) is 3.23. The molecule has 2 aromatic heterocycles. The highest BCUT2D eigenvalue weighted by Crippen LogP contribution is 2.26. The van der Waals surface area contributed by atoms with E-state index >= 15 is 0 Å². The number of aromatic nitrogens is 4. The Morgan fingerprint density at radius 2 is 1.81 bits per heavy atom. The Bertz CT molecular complexity index is 1300. The second-order valence-corrected chi connectivity index (χ2v) is 7.75. The number of hydrogen-bond acceptors (Lipinski definition) is 5. The minimum Gasteiger partial charge on any atom is -0.352 e. The van der Waals surface area contributed by atoms with Crippen LogP contribution in [0, 0.1) is 0 Å². The standard InChI is InChI=1S/C22H19ClN6O2/c23-17-13-15(5-6-19(17)29-18-4-2-1-3-16(18)14-24-29)22(31)28-11-9-27(10-12-28)20-7-8-21(30)26-25-20/h1-8,13-14H,9-12H2,(H,26,30). The number of halogens is 1. The summed E-state index contributed by atoms with van der Waals surface area (Å²) >= 11 is 6.54. The van der Waals surface area contributed by atoms with Crippen molar-refractivity contribution in [2.75, 3.05) is 31.1 Å².